The van der Waals surface area contributed by atoms with Crippen molar-refractivity contribution < 1.29 is 14.3 Å². The number of amides is 1. The van der Waals surface area contributed by atoms with Crippen LogP contribution in [0.15, 0.2) is 72.8 Å². The van der Waals surface area contributed by atoms with E-state index in [0.29, 0.717) is 17.2 Å². The number of thiazole rings is 1. The Morgan fingerprint density at radius 1 is 1.03 bits per heavy atom. The fraction of sp³-hybridized carbons (Fsp3) is 0.286. The predicted octanol–water partition coefficient (Wildman–Crippen LogP) is 5.34. The fourth-order valence-corrected chi connectivity index (χ4v) is 5.26. The summed E-state index contributed by atoms with van der Waals surface area (Å²) in [6.07, 6.45) is 0.868. The summed E-state index contributed by atoms with van der Waals surface area (Å²) in [4.78, 5) is 22.7. The quantitative estimate of drug-likeness (QED) is 0.336. The van der Waals surface area contributed by atoms with Crippen LogP contribution in [0, 0.1) is 0 Å². The lowest BCUT2D eigenvalue weighted by atomic mass is 10.0. The maximum absolute atomic E-state index is 13.7. The molecule has 180 valence electrons. The monoisotopic (exact) mass is 487 g/mol. The van der Waals surface area contributed by atoms with Gasteiger partial charge in [0.05, 0.1) is 30.5 Å². The molecule has 6 nitrogen and oxygen atoms in total. The third-order valence-corrected chi connectivity index (χ3v) is 7.32. The Kier molecular flexibility index (Phi) is 7.37. The molecule has 4 aromatic rings. The number of ether oxygens (including phenoxy) is 2. The van der Waals surface area contributed by atoms with Crippen LogP contribution in [-0.4, -0.2) is 62.3 Å². The van der Waals surface area contributed by atoms with Gasteiger partial charge in [-0.05, 0) is 41.8 Å². The van der Waals surface area contributed by atoms with E-state index in [1.54, 1.807) is 7.11 Å². The molecule has 0 unspecified atom stereocenters. The van der Waals surface area contributed by atoms with Gasteiger partial charge in [0.1, 0.15) is 5.75 Å². The molecule has 1 amide bonds. The van der Waals surface area contributed by atoms with Crippen LogP contribution in [0.25, 0.3) is 21.3 Å². The molecule has 0 radical (unpaired) electrons. The Morgan fingerprint density at radius 2 is 1.77 bits per heavy atom. The first-order valence-corrected chi connectivity index (χ1v) is 12.7. The number of hydrogen-bond donors (Lipinski definition) is 0. The highest BCUT2D eigenvalue weighted by Gasteiger charge is 2.22. The third kappa shape index (κ3) is 5.53. The molecule has 0 aliphatic carbocycles. The molecule has 1 fully saturated rings. The second kappa shape index (κ2) is 11.0. The van der Waals surface area contributed by atoms with Gasteiger partial charge in [-0.2, -0.15) is 0 Å². The molecule has 2 heterocycles. The number of fused-ring (bicyclic) bond motifs is 1. The number of hydrogen-bond acceptors (Lipinski definition) is 6. The van der Waals surface area contributed by atoms with E-state index in [-0.39, 0.29) is 5.91 Å². The number of carbonyl (C=O) groups is 1. The van der Waals surface area contributed by atoms with Crippen molar-refractivity contribution in [3.63, 3.8) is 0 Å². The van der Waals surface area contributed by atoms with Crippen molar-refractivity contribution in [2.75, 3.05) is 51.4 Å². The lowest BCUT2D eigenvalue weighted by Gasteiger charge is -2.27. The first kappa shape index (κ1) is 23.5. The largest absolute Gasteiger partial charge is 0.497 e. The van der Waals surface area contributed by atoms with E-state index in [1.165, 1.54) is 11.3 Å². The average molecular weight is 488 g/mol. The molecule has 0 atom stereocenters. The van der Waals surface area contributed by atoms with Crippen molar-refractivity contribution in [1.29, 1.82) is 0 Å². The summed E-state index contributed by atoms with van der Waals surface area (Å²) in [5.74, 6) is 0.730. The summed E-state index contributed by atoms with van der Waals surface area (Å²) in [6, 6.07) is 23.9. The third-order valence-electron chi connectivity index (χ3n) is 6.26. The molecule has 1 aliphatic heterocycles. The minimum Gasteiger partial charge on any atom is -0.497 e. The van der Waals surface area contributed by atoms with Crippen LogP contribution in [-0.2, 0) is 4.74 Å². The Labute approximate surface area is 209 Å². The zero-order valence-electron chi connectivity index (χ0n) is 19.9. The molecule has 7 heteroatoms. The minimum atomic E-state index is -0.0300. The molecule has 1 aliphatic rings. The van der Waals surface area contributed by atoms with Gasteiger partial charge in [-0.1, -0.05) is 53.8 Å². The number of methoxy groups -OCH3 is 1. The summed E-state index contributed by atoms with van der Waals surface area (Å²) >= 11 is 1.54. The summed E-state index contributed by atoms with van der Waals surface area (Å²) in [6.45, 7) is 4.96. The van der Waals surface area contributed by atoms with Gasteiger partial charge < -0.3 is 9.47 Å². The standard InChI is InChI=1S/C28H29N3O3S/c1-33-24-12-13-26-25(20-24)29-28(35-26)31(15-5-14-30-16-18-34-19-17-30)27(32)23-10-8-22(9-11-23)21-6-3-2-4-7-21/h2-4,6-13,20H,5,14-19H2,1H3. The van der Waals surface area contributed by atoms with Crippen LogP contribution in [0.4, 0.5) is 5.13 Å². The Bertz CT molecular complexity index is 1270. The normalized spacial score (nSPS) is 14.2. The summed E-state index contributed by atoms with van der Waals surface area (Å²) in [7, 11) is 1.65. The molecule has 0 bridgehead atoms. The summed E-state index contributed by atoms with van der Waals surface area (Å²) in [5.41, 5.74) is 3.73. The Hall–Kier alpha value is -3.26. The zero-order valence-corrected chi connectivity index (χ0v) is 20.7. The van der Waals surface area contributed by atoms with Crippen LogP contribution in [0.3, 0.4) is 0 Å². The van der Waals surface area contributed by atoms with Gasteiger partial charge in [-0.25, -0.2) is 4.98 Å². The molecular weight excluding hydrogens is 458 g/mol. The SMILES string of the molecule is COc1ccc2sc(N(CCCN3CCOCC3)C(=O)c3ccc(-c4ccccc4)cc3)nc2c1. The van der Waals surface area contributed by atoms with Crippen LogP contribution >= 0.6 is 11.3 Å². The highest BCUT2D eigenvalue weighted by atomic mass is 32.1. The molecule has 0 spiro atoms. The Balaban J connectivity index is 1.39. The number of rotatable bonds is 8. The number of anilines is 1. The van der Waals surface area contributed by atoms with Crippen molar-refractivity contribution in [3.05, 3.63) is 78.4 Å². The number of nitrogens with zero attached hydrogens (tertiary/aromatic N) is 3. The molecule has 5 rings (SSSR count). The lowest BCUT2D eigenvalue weighted by molar-refractivity contribution is 0.0376. The van der Waals surface area contributed by atoms with E-state index >= 15 is 0 Å². The maximum Gasteiger partial charge on any atom is 0.260 e. The number of benzene rings is 3. The van der Waals surface area contributed by atoms with Crippen LogP contribution in [0.2, 0.25) is 0 Å². The number of aromatic nitrogens is 1. The van der Waals surface area contributed by atoms with Gasteiger partial charge >= 0.3 is 0 Å². The number of carbonyl (C=O) groups excluding carboxylic acids is 1. The molecule has 0 saturated carbocycles. The van der Waals surface area contributed by atoms with Crippen molar-refractivity contribution in [2.24, 2.45) is 0 Å². The molecule has 1 saturated heterocycles. The van der Waals surface area contributed by atoms with Crippen LogP contribution < -0.4 is 9.64 Å². The van der Waals surface area contributed by atoms with Gasteiger partial charge in [0.2, 0.25) is 0 Å². The van der Waals surface area contributed by atoms with E-state index in [0.717, 1.165) is 66.4 Å². The van der Waals surface area contributed by atoms with E-state index in [9.17, 15) is 4.79 Å². The lowest BCUT2D eigenvalue weighted by Crippen LogP contribution is -2.39. The minimum absolute atomic E-state index is 0.0300. The predicted molar refractivity (Wildman–Crippen MR) is 142 cm³/mol. The molecule has 3 aromatic carbocycles. The van der Waals surface area contributed by atoms with Crippen molar-refractivity contribution in [1.82, 2.24) is 9.88 Å². The van der Waals surface area contributed by atoms with Crippen LogP contribution in [0.1, 0.15) is 16.8 Å². The van der Waals surface area contributed by atoms with E-state index in [4.69, 9.17) is 14.5 Å². The van der Waals surface area contributed by atoms with E-state index in [1.807, 2.05) is 65.6 Å². The molecule has 35 heavy (non-hydrogen) atoms. The van der Waals surface area contributed by atoms with Crippen molar-refractivity contribution in [2.45, 2.75) is 6.42 Å². The van der Waals surface area contributed by atoms with Gasteiger partial charge in [0, 0.05) is 37.8 Å². The Morgan fingerprint density at radius 3 is 2.51 bits per heavy atom. The first-order valence-electron chi connectivity index (χ1n) is 11.9. The number of morpholine rings is 1. The highest BCUT2D eigenvalue weighted by Crippen LogP contribution is 2.32. The van der Waals surface area contributed by atoms with Crippen molar-refractivity contribution in [3.8, 4) is 16.9 Å². The smallest absolute Gasteiger partial charge is 0.260 e. The van der Waals surface area contributed by atoms with E-state index in [2.05, 4.69) is 17.0 Å². The second-order valence-electron chi connectivity index (χ2n) is 8.54. The summed E-state index contributed by atoms with van der Waals surface area (Å²) in [5, 5.41) is 0.715. The van der Waals surface area contributed by atoms with Crippen LogP contribution in [0.5, 0.6) is 5.75 Å². The zero-order chi connectivity index (χ0) is 24.0. The topological polar surface area (TPSA) is 54.9 Å². The van der Waals surface area contributed by atoms with Gasteiger partial charge in [-0.3, -0.25) is 14.6 Å². The van der Waals surface area contributed by atoms with Gasteiger partial charge in [-0.15, -0.1) is 0 Å². The fourth-order valence-electron chi connectivity index (χ4n) is 4.29. The van der Waals surface area contributed by atoms with Gasteiger partial charge in [0.15, 0.2) is 5.13 Å². The second-order valence-corrected chi connectivity index (χ2v) is 9.55. The van der Waals surface area contributed by atoms with Gasteiger partial charge in [0.25, 0.3) is 5.91 Å². The highest BCUT2D eigenvalue weighted by molar-refractivity contribution is 7.22. The van der Waals surface area contributed by atoms with Crippen molar-refractivity contribution >= 4 is 32.6 Å². The average Bonchev–Trinajstić information content (AvgIpc) is 3.35. The maximum atomic E-state index is 13.7. The molecule has 1 aromatic heterocycles. The molecular formula is C28H29N3O3S. The summed E-state index contributed by atoms with van der Waals surface area (Å²) < 4.78 is 11.9. The van der Waals surface area contributed by atoms with E-state index < -0.39 is 0 Å². The molecule has 0 N–H and O–H groups in total. The first-order chi connectivity index (χ1) is 17.2.